The number of rotatable bonds is 4. The summed E-state index contributed by atoms with van der Waals surface area (Å²) in [6, 6.07) is 13.6. The molecule has 0 aliphatic rings. The Morgan fingerprint density at radius 3 is 2.71 bits per heavy atom. The van der Waals surface area contributed by atoms with Crippen LogP contribution in [-0.2, 0) is 11.2 Å². The fraction of sp³-hybridized carbons (Fsp3) is 0.0556. The molecule has 0 spiro atoms. The molecule has 4 nitrogen and oxygen atoms in total. The van der Waals surface area contributed by atoms with E-state index in [9.17, 15) is 14.4 Å². The molecule has 0 radical (unpaired) electrons. The molecule has 0 bridgehead atoms. The lowest BCUT2D eigenvalue weighted by Gasteiger charge is -2.04. The van der Waals surface area contributed by atoms with Gasteiger partial charge in [0.15, 0.2) is 0 Å². The maximum Gasteiger partial charge on any atom is 0.229 e. The molecule has 1 amide bonds. The Bertz CT molecular complexity index is 916. The molecule has 118 valence electrons. The van der Waals surface area contributed by atoms with Gasteiger partial charge in [-0.1, -0.05) is 18.2 Å². The Balaban J connectivity index is 1.80. The standard InChI is InChI=1S/C18H12FN3OS/c19-15-4-2-1-3-13(15)10-17(23)22-18-14(11-20)9-16(24-18)12-5-7-21-8-6-12/h1-9H,10H2,(H,22,23). The first-order valence-electron chi connectivity index (χ1n) is 7.15. The van der Waals surface area contributed by atoms with E-state index in [4.69, 9.17) is 0 Å². The molecule has 3 rings (SSSR count). The summed E-state index contributed by atoms with van der Waals surface area (Å²) in [4.78, 5) is 17.0. The number of halogens is 1. The van der Waals surface area contributed by atoms with Crippen molar-refractivity contribution in [3.63, 3.8) is 0 Å². The number of amides is 1. The van der Waals surface area contributed by atoms with Gasteiger partial charge in [0, 0.05) is 17.3 Å². The first-order valence-corrected chi connectivity index (χ1v) is 7.96. The molecule has 24 heavy (non-hydrogen) atoms. The molecule has 0 unspecified atom stereocenters. The number of nitriles is 1. The zero-order valence-electron chi connectivity index (χ0n) is 12.5. The van der Waals surface area contributed by atoms with Crippen molar-refractivity contribution < 1.29 is 9.18 Å². The predicted molar refractivity (Wildman–Crippen MR) is 91.0 cm³/mol. The highest BCUT2D eigenvalue weighted by Gasteiger charge is 2.14. The summed E-state index contributed by atoms with van der Waals surface area (Å²) < 4.78 is 13.6. The van der Waals surface area contributed by atoms with E-state index in [0.717, 1.165) is 10.4 Å². The molecule has 1 aromatic carbocycles. The Kier molecular flexibility index (Phi) is 4.64. The molecule has 0 atom stereocenters. The number of carbonyl (C=O) groups excluding carboxylic acids is 1. The van der Waals surface area contributed by atoms with Crippen LogP contribution in [0.3, 0.4) is 0 Å². The van der Waals surface area contributed by atoms with Crippen molar-refractivity contribution in [2.45, 2.75) is 6.42 Å². The van der Waals surface area contributed by atoms with Crippen LogP contribution >= 0.6 is 11.3 Å². The van der Waals surface area contributed by atoms with Gasteiger partial charge in [-0.15, -0.1) is 11.3 Å². The average Bonchev–Trinajstić information content (AvgIpc) is 3.00. The van der Waals surface area contributed by atoms with E-state index in [0.29, 0.717) is 16.1 Å². The fourth-order valence-electron chi connectivity index (χ4n) is 2.21. The monoisotopic (exact) mass is 337 g/mol. The van der Waals surface area contributed by atoms with Crippen molar-refractivity contribution in [1.29, 1.82) is 5.26 Å². The van der Waals surface area contributed by atoms with E-state index in [-0.39, 0.29) is 12.3 Å². The van der Waals surface area contributed by atoms with Gasteiger partial charge < -0.3 is 5.32 Å². The van der Waals surface area contributed by atoms with Crippen LogP contribution < -0.4 is 5.32 Å². The number of benzene rings is 1. The Morgan fingerprint density at radius 2 is 2.00 bits per heavy atom. The molecule has 6 heteroatoms. The average molecular weight is 337 g/mol. The van der Waals surface area contributed by atoms with Gasteiger partial charge in [0.2, 0.25) is 5.91 Å². The molecular weight excluding hydrogens is 325 g/mol. The second kappa shape index (κ2) is 7.02. The highest BCUT2D eigenvalue weighted by atomic mass is 32.1. The highest BCUT2D eigenvalue weighted by molar-refractivity contribution is 7.19. The molecule has 0 aliphatic carbocycles. The second-order valence-corrected chi connectivity index (χ2v) is 6.07. The van der Waals surface area contributed by atoms with E-state index in [1.54, 1.807) is 36.7 Å². The summed E-state index contributed by atoms with van der Waals surface area (Å²) in [6.45, 7) is 0. The summed E-state index contributed by atoms with van der Waals surface area (Å²) in [7, 11) is 0. The van der Waals surface area contributed by atoms with Gasteiger partial charge in [-0.05, 0) is 35.4 Å². The summed E-state index contributed by atoms with van der Waals surface area (Å²) in [5.74, 6) is -0.781. The van der Waals surface area contributed by atoms with Gasteiger partial charge in [0.1, 0.15) is 16.9 Å². The van der Waals surface area contributed by atoms with Gasteiger partial charge >= 0.3 is 0 Å². The van der Waals surface area contributed by atoms with Gasteiger partial charge in [-0.3, -0.25) is 9.78 Å². The van der Waals surface area contributed by atoms with E-state index in [2.05, 4.69) is 16.4 Å². The Labute approximate surface area is 142 Å². The predicted octanol–water partition coefficient (Wildman–Crippen LogP) is 4.00. The maximum absolute atomic E-state index is 13.6. The summed E-state index contributed by atoms with van der Waals surface area (Å²) >= 11 is 1.30. The number of nitrogens with one attached hydrogen (secondary N) is 1. The maximum atomic E-state index is 13.6. The third kappa shape index (κ3) is 3.47. The number of nitrogens with zero attached hydrogens (tertiary/aromatic N) is 2. The second-order valence-electron chi connectivity index (χ2n) is 5.02. The number of pyridine rings is 1. The summed E-state index contributed by atoms with van der Waals surface area (Å²) in [5, 5.41) is 12.4. The molecule has 1 N–H and O–H groups in total. The zero-order valence-corrected chi connectivity index (χ0v) is 13.3. The largest absolute Gasteiger partial charge is 0.316 e. The number of carbonyl (C=O) groups is 1. The van der Waals surface area contributed by atoms with Crippen molar-refractivity contribution >= 4 is 22.2 Å². The van der Waals surface area contributed by atoms with Crippen LogP contribution in [-0.4, -0.2) is 10.9 Å². The number of hydrogen-bond acceptors (Lipinski definition) is 4. The van der Waals surface area contributed by atoms with Gasteiger partial charge in [0.05, 0.1) is 12.0 Å². The molecule has 3 aromatic rings. The van der Waals surface area contributed by atoms with Crippen LogP contribution in [0.4, 0.5) is 9.39 Å². The van der Waals surface area contributed by atoms with Crippen LogP contribution in [0.2, 0.25) is 0 Å². The van der Waals surface area contributed by atoms with E-state index < -0.39 is 5.82 Å². The van der Waals surface area contributed by atoms with Gasteiger partial charge in [-0.2, -0.15) is 5.26 Å². The van der Waals surface area contributed by atoms with Crippen molar-refractivity contribution in [1.82, 2.24) is 4.98 Å². The van der Waals surface area contributed by atoms with Gasteiger partial charge in [-0.25, -0.2) is 4.39 Å². The topological polar surface area (TPSA) is 65.8 Å². The Morgan fingerprint density at radius 1 is 1.25 bits per heavy atom. The van der Waals surface area contributed by atoms with Crippen LogP contribution in [0.15, 0.2) is 54.9 Å². The SMILES string of the molecule is N#Cc1cc(-c2ccncc2)sc1NC(=O)Cc1ccccc1F. The lowest BCUT2D eigenvalue weighted by molar-refractivity contribution is -0.115. The van der Waals surface area contributed by atoms with Gasteiger partial charge in [0.25, 0.3) is 0 Å². The number of aromatic nitrogens is 1. The normalized spacial score (nSPS) is 10.2. The van der Waals surface area contributed by atoms with Crippen molar-refractivity contribution in [2.24, 2.45) is 0 Å². The minimum absolute atomic E-state index is 0.0833. The van der Waals surface area contributed by atoms with Crippen molar-refractivity contribution in [3.05, 3.63) is 71.8 Å². The number of anilines is 1. The third-order valence-corrected chi connectivity index (χ3v) is 4.48. The molecule has 2 heterocycles. The lowest BCUT2D eigenvalue weighted by Crippen LogP contribution is -2.14. The molecular formula is C18H12FN3OS. The molecule has 2 aromatic heterocycles. The van der Waals surface area contributed by atoms with Crippen molar-refractivity contribution in [3.8, 4) is 16.5 Å². The third-order valence-electron chi connectivity index (χ3n) is 3.38. The smallest absolute Gasteiger partial charge is 0.229 e. The minimum Gasteiger partial charge on any atom is -0.316 e. The van der Waals surface area contributed by atoms with Crippen LogP contribution in [0, 0.1) is 17.1 Å². The molecule has 0 fully saturated rings. The highest BCUT2D eigenvalue weighted by Crippen LogP contribution is 2.34. The quantitative estimate of drug-likeness (QED) is 0.782. The fourth-order valence-corrected chi connectivity index (χ4v) is 3.24. The van der Waals surface area contributed by atoms with E-state index >= 15 is 0 Å². The number of hydrogen-bond donors (Lipinski definition) is 1. The van der Waals surface area contributed by atoms with E-state index in [1.807, 2.05) is 12.1 Å². The lowest BCUT2D eigenvalue weighted by atomic mass is 10.1. The first kappa shape index (κ1) is 15.8. The van der Waals surface area contributed by atoms with Crippen molar-refractivity contribution in [2.75, 3.05) is 5.32 Å². The first-order chi connectivity index (χ1) is 11.7. The summed E-state index contributed by atoms with van der Waals surface area (Å²) in [5.41, 5.74) is 1.62. The Hall–Kier alpha value is -3.04. The van der Waals surface area contributed by atoms with Crippen LogP contribution in [0.5, 0.6) is 0 Å². The van der Waals surface area contributed by atoms with E-state index in [1.165, 1.54) is 17.4 Å². The van der Waals surface area contributed by atoms with Crippen LogP contribution in [0.25, 0.3) is 10.4 Å². The minimum atomic E-state index is -0.420. The van der Waals surface area contributed by atoms with Crippen LogP contribution in [0.1, 0.15) is 11.1 Å². The molecule has 0 aliphatic heterocycles. The zero-order chi connectivity index (χ0) is 16.9. The summed E-state index contributed by atoms with van der Waals surface area (Å²) in [6.07, 6.45) is 3.25. The molecule has 0 saturated carbocycles. The molecule has 0 saturated heterocycles. The number of thiophene rings is 1.